The van der Waals surface area contributed by atoms with Crippen LogP contribution in [-0.2, 0) is 6.42 Å². The molecule has 0 heterocycles. The molecule has 1 unspecified atom stereocenters. The van der Waals surface area contributed by atoms with Gasteiger partial charge in [0.15, 0.2) is 0 Å². The summed E-state index contributed by atoms with van der Waals surface area (Å²) in [7, 11) is 0. The molecule has 0 saturated heterocycles. The predicted molar refractivity (Wildman–Crippen MR) is 89.5 cm³/mol. The highest BCUT2D eigenvalue weighted by molar-refractivity contribution is 7.99. The van der Waals surface area contributed by atoms with E-state index in [1.165, 1.54) is 11.1 Å². The van der Waals surface area contributed by atoms with Crippen molar-refractivity contribution in [2.24, 2.45) is 5.73 Å². The molecule has 2 rings (SSSR count). The van der Waals surface area contributed by atoms with Gasteiger partial charge in [-0.15, -0.1) is 11.8 Å². The highest BCUT2D eigenvalue weighted by atomic mass is 35.5. The first-order chi connectivity index (χ1) is 9.69. The van der Waals surface area contributed by atoms with E-state index in [1.807, 2.05) is 18.2 Å². The molecule has 2 aromatic rings. The SMILES string of the molecule is CCCc1cccc(C(N)CSc2cccc(Cl)c2)c1. The van der Waals surface area contributed by atoms with Crippen LogP contribution in [0.15, 0.2) is 53.4 Å². The van der Waals surface area contributed by atoms with E-state index in [0.29, 0.717) is 0 Å². The molecule has 106 valence electrons. The van der Waals surface area contributed by atoms with Gasteiger partial charge in [-0.3, -0.25) is 0 Å². The van der Waals surface area contributed by atoms with Gasteiger partial charge >= 0.3 is 0 Å². The van der Waals surface area contributed by atoms with Crippen molar-refractivity contribution < 1.29 is 0 Å². The van der Waals surface area contributed by atoms with Gasteiger partial charge in [0.05, 0.1) is 0 Å². The molecule has 2 aromatic carbocycles. The lowest BCUT2D eigenvalue weighted by molar-refractivity contribution is 0.823. The lowest BCUT2D eigenvalue weighted by Crippen LogP contribution is -2.13. The van der Waals surface area contributed by atoms with E-state index in [4.69, 9.17) is 17.3 Å². The molecule has 1 nitrogen and oxygen atoms in total. The van der Waals surface area contributed by atoms with Gasteiger partial charge in [-0.05, 0) is 35.7 Å². The Balaban J connectivity index is 1.97. The van der Waals surface area contributed by atoms with Crippen molar-refractivity contribution in [2.75, 3.05) is 5.75 Å². The number of rotatable bonds is 6. The zero-order valence-corrected chi connectivity index (χ0v) is 13.3. The van der Waals surface area contributed by atoms with Crippen LogP contribution in [0.25, 0.3) is 0 Å². The van der Waals surface area contributed by atoms with E-state index in [-0.39, 0.29) is 6.04 Å². The van der Waals surface area contributed by atoms with Gasteiger partial charge in [-0.1, -0.05) is 55.3 Å². The quantitative estimate of drug-likeness (QED) is 0.753. The third-order valence-electron chi connectivity index (χ3n) is 3.14. The zero-order valence-electron chi connectivity index (χ0n) is 11.7. The summed E-state index contributed by atoms with van der Waals surface area (Å²) >= 11 is 7.74. The number of nitrogens with two attached hydrogens (primary N) is 1. The third-order valence-corrected chi connectivity index (χ3v) is 4.49. The average molecular weight is 306 g/mol. The molecule has 20 heavy (non-hydrogen) atoms. The molecular weight excluding hydrogens is 286 g/mol. The van der Waals surface area contributed by atoms with Gasteiger partial charge in [-0.2, -0.15) is 0 Å². The molecule has 2 N–H and O–H groups in total. The summed E-state index contributed by atoms with van der Waals surface area (Å²) in [6, 6.07) is 16.6. The van der Waals surface area contributed by atoms with Gasteiger partial charge in [-0.25, -0.2) is 0 Å². The van der Waals surface area contributed by atoms with Crippen molar-refractivity contribution in [3.8, 4) is 0 Å². The van der Waals surface area contributed by atoms with E-state index in [0.717, 1.165) is 28.5 Å². The summed E-state index contributed by atoms with van der Waals surface area (Å²) in [6.45, 7) is 2.20. The zero-order chi connectivity index (χ0) is 14.4. The second-order valence-electron chi connectivity index (χ2n) is 4.87. The summed E-state index contributed by atoms with van der Waals surface area (Å²) in [5, 5.41) is 0.772. The highest BCUT2D eigenvalue weighted by Crippen LogP contribution is 2.26. The lowest BCUT2D eigenvalue weighted by Gasteiger charge is -2.13. The van der Waals surface area contributed by atoms with Crippen LogP contribution >= 0.6 is 23.4 Å². The molecule has 3 heteroatoms. The van der Waals surface area contributed by atoms with Crippen molar-refractivity contribution in [2.45, 2.75) is 30.7 Å². The monoisotopic (exact) mass is 305 g/mol. The Morgan fingerprint density at radius 2 is 1.95 bits per heavy atom. The normalized spacial score (nSPS) is 12.3. The van der Waals surface area contributed by atoms with Crippen LogP contribution in [0.4, 0.5) is 0 Å². The van der Waals surface area contributed by atoms with Crippen molar-refractivity contribution in [3.63, 3.8) is 0 Å². The van der Waals surface area contributed by atoms with E-state index >= 15 is 0 Å². The minimum absolute atomic E-state index is 0.0517. The molecule has 0 aromatic heterocycles. The number of aryl methyl sites for hydroxylation is 1. The highest BCUT2D eigenvalue weighted by Gasteiger charge is 2.07. The van der Waals surface area contributed by atoms with Crippen LogP contribution < -0.4 is 5.73 Å². The van der Waals surface area contributed by atoms with Crippen LogP contribution in [-0.4, -0.2) is 5.75 Å². The van der Waals surface area contributed by atoms with Crippen molar-refractivity contribution >= 4 is 23.4 Å². The summed E-state index contributed by atoms with van der Waals surface area (Å²) in [6.07, 6.45) is 2.28. The number of thioether (sulfide) groups is 1. The largest absolute Gasteiger partial charge is 0.323 e. The smallest absolute Gasteiger partial charge is 0.0417 e. The Hall–Kier alpha value is -0.960. The summed E-state index contributed by atoms with van der Waals surface area (Å²) in [4.78, 5) is 1.16. The number of benzene rings is 2. The van der Waals surface area contributed by atoms with Crippen molar-refractivity contribution in [3.05, 3.63) is 64.7 Å². The Labute approximate surface area is 130 Å². The minimum atomic E-state index is 0.0517. The molecule has 1 atom stereocenters. The fraction of sp³-hybridized carbons (Fsp3) is 0.294. The summed E-state index contributed by atoms with van der Waals surface area (Å²) in [5.74, 6) is 0.857. The molecule has 0 spiro atoms. The first-order valence-corrected chi connectivity index (χ1v) is 8.28. The first kappa shape index (κ1) is 15.4. The number of halogens is 1. The Bertz CT molecular complexity index is 556. The second-order valence-corrected chi connectivity index (χ2v) is 6.40. The van der Waals surface area contributed by atoms with Gasteiger partial charge in [0.25, 0.3) is 0 Å². The van der Waals surface area contributed by atoms with E-state index in [9.17, 15) is 0 Å². The summed E-state index contributed by atoms with van der Waals surface area (Å²) < 4.78 is 0. The van der Waals surface area contributed by atoms with Crippen LogP contribution in [0.2, 0.25) is 5.02 Å². The van der Waals surface area contributed by atoms with Crippen molar-refractivity contribution in [1.29, 1.82) is 0 Å². The number of hydrogen-bond donors (Lipinski definition) is 1. The third kappa shape index (κ3) is 4.55. The molecular formula is C17H20ClNS. The molecule has 0 aliphatic heterocycles. The van der Waals surface area contributed by atoms with E-state index < -0.39 is 0 Å². The van der Waals surface area contributed by atoms with Crippen LogP contribution in [0.3, 0.4) is 0 Å². The molecule has 0 bridgehead atoms. The maximum atomic E-state index is 6.29. The molecule has 0 aliphatic carbocycles. The molecule has 0 amide bonds. The average Bonchev–Trinajstić information content (AvgIpc) is 2.45. The van der Waals surface area contributed by atoms with Crippen LogP contribution in [0.1, 0.15) is 30.5 Å². The maximum absolute atomic E-state index is 6.29. The topological polar surface area (TPSA) is 26.0 Å². The fourth-order valence-corrected chi connectivity index (χ4v) is 3.31. The van der Waals surface area contributed by atoms with Gasteiger partial charge < -0.3 is 5.73 Å². The van der Waals surface area contributed by atoms with Gasteiger partial charge in [0.1, 0.15) is 0 Å². The predicted octanol–water partition coefficient (Wildman–Crippen LogP) is 5.08. The minimum Gasteiger partial charge on any atom is -0.323 e. The Morgan fingerprint density at radius 1 is 1.15 bits per heavy atom. The Kier molecular flexibility index (Phi) is 5.96. The van der Waals surface area contributed by atoms with E-state index in [2.05, 4.69) is 37.3 Å². The van der Waals surface area contributed by atoms with Crippen LogP contribution in [0.5, 0.6) is 0 Å². The second kappa shape index (κ2) is 7.72. The molecule has 0 fully saturated rings. The first-order valence-electron chi connectivity index (χ1n) is 6.92. The maximum Gasteiger partial charge on any atom is 0.0417 e. The lowest BCUT2D eigenvalue weighted by atomic mass is 10.0. The Morgan fingerprint density at radius 3 is 2.70 bits per heavy atom. The van der Waals surface area contributed by atoms with Crippen LogP contribution in [0, 0.1) is 0 Å². The van der Waals surface area contributed by atoms with Gasteiger partial charge in [0, 0.05) is 21.7 Å². The standard InChI is InChI=1S/C17H20ClNS/c1-2-5-13-6-3-7-14(10-13)17(19)12-20-16-9-4-8-15(18)11-16/h3-4,6-11,17H,2,5,12,19H2,1H3. The molecule has 0 saturated carbocycles. The molecule has 0 aliphatic rings. The summed E-state index contributed by atoms with van der Waals surface area (Å²) in [5.41, 5.74) is 8.87. The van der Waals surface area contributed by atoms with Gasteiger partial charge in [0.2, 0.25) is 0 Å². The van der Waals surface area contributed by atoms with E-state index in [1.54, 1.807) is 11.8 Å². The van der Waals surface area contributed by atoms with Crippen molar-refractivity contribution in [1.82, 2.24) is 0 Å². The fourth-order valence-electron chi connectivity index (χ4n) is 2.11. The molecule has 0 radical (unpaired) electrons. The number of hydrogen-bond acceptors (Lipinski definition) is 2.